The van der Waals surface area contributed by atoms with Crippen LogP contribution in [0.3, 0.4) is 0 Å². The van der Waals surface area contributed by atoms with E-state index in [1.807, 2.05) is 0 Å². The van der Waals surface area contributed by atoms with Gasteiger partial charge in [-0.1, -0.05) is 45.3 Å². The summed E-state index contributed by atoms with van der Waals surface area (Å²) in [4.78, 5) is 0. The van der Waals surface area contributed by atoms with Crippen molar-refractivity contribution in [2.75, 3.05) is 0 Å². The summed E-state index contributed by atoms with van der Waals surface area (Å²) in [6, 6.07) is 0. The second-order valence-corrected chi connectivity index (χ2v) is 6.34. The molecular formula is C14H22. The molecule has 2 fully saturated rings. The number of fused-ring (bicyclic) bond motifs is 3. The quantitative estimate of drug-likeness (QED) is 0.506. The summed E-state index contributed by atoms with van der Waals surface area (Å²) in [5.41, 5.74) is 0.574. The average molecular weight is 190 g/mol. The van der Waals surface area contributed by atoms with Gasteiger partial charge in [-0.25, -0.2) is 0 Å². The molecule has 0 heterocycles. The van der Waals surface area contributed by atoms with Gasteiger partial charge in [0.05, 0.1) is 0 Å². The minimum Gasteiger partial charge on any atom is -0.0846 e. The molecule has 0 aliphatic heterocycles. The van der Waals surface area contributed by atoms with E-state index in [-0.39, 0.29) is 0 Å². The molecule has 4 atom stereocenters. The smallest absolute Gasteiger partial charge is 0.0174 e. The average Bonchev–Trinajstić information content (AvgIpc) is 2.58. The van der Waals surface area contributed by atoms with Crippen LogP contribution in [0.4, 0.5) is 0 Å². The second kappa shape index (κ2) is 2.87. The maximum Gasteiger partial charge on any atom is -0.0174 e. The maximum absolute atomic E-state index is 2.53. The molecule has 3 aliphatic carbocycles. The van der Waals surface area contributed by atoms with Gasteiger partial charge in [-0.3, -0.25) is 0 Å². The first-order valence-electron chi connectivity index (χ1n) is 6.36. The van der Waals surface area contributed by atoms with Crippen LogP contribution in [0.25, 0.3) is 0 Å². The van der Waals surface area contributed by atoms with E-state index < -0.39 is 0 Å². The van der Waals surface area contributed by atoms with Gasteiger partial charge in [0.25, 0.3) is 0 Å². The first-order valence-corrected chi connectivity index (χ1v) is 6.36. The van der Waals surface area contributed by atoms with Gasteiger partial charge in [-0.05, 0) is 41.9 Å². The van der Waals surface area contributed by atoms with Crippen molar-refractivity contribution < 1.29 is 0 Å². The highest BCUT2D eigenvalue weighted by Crippen LogP contribution is 2.55. The van der Waals surface area contributed by atoms with Crippen LogP contribution >= 0.6 is 0 Å². The van der Waals surface area contributed by atoms with Crippen LogP contribution in [0.5, 0.6) is 0 Å². The third kappa shape index (κ3) is 1.12. The van der Waals surface area contributed by atoms with E-state index in [2.05, 4.69) is 26.0 Å². The fourth-order valence-electron chi connectivity index (χ4n) is 4.19. The van der Waals surface area contributed by atoms with Crippen LogP contribution in [0.15, 0.2) is 12.2 Å². The summed E-state index contributed by atoms with van der Waals surface area (Å²) in [6.07, 6.45) is 12.6. The Labute approximate surface area is 87.8 Å². The molecule has 0 heteroatoms. The van der Waals surface area contributed by atoms with Gasteiger partial charge in [0.1, 0.15) is 0 Å². The molecule has 0 saturated heterocycles. The summed E-state index contributed by atoms with van der Waals surface area (Å²) >= 11 is 0. The second-order valence-electron chi connectivity index (χ2n) is 6.34. The summed E-state index contributed by atoms with van der Waals surface area (Å²) in [6.45, 7) is 4.98. The van der Waals surface area contributed by atoms with Crippen LogP contribution in [0, 0.1) is 29.1 Å². The van der Waals surface area contributed by atoms with Crippen molar-refractivity contribution in [3.63, 3.8) is 0 Å². The third-order valence-corrected chi connectivity index (χ3v) is 5.42. The Hall–Kier alpha value is -0.260. The Morgan fingerprint density at radius 1 is 0.929 bits per heavy atom. The molecule has 4 unspecified atom stereocenters. The minimum absolute atomic E-state index is 0.574. The molecule has 0 aromatic rings. The highest BCUT2D eigenvalue weighted by Gasteiger charge is 2.46. The Morgan fingerprint density at radius 3 is 1.93 bits per heavy atom. The molecule has 14 heavy (non-hydrogen) atoms. The van der Waals surface area contributed by atoms with Gasteiger partial charge in [0, 0.05) is 0 Å². The molecule has 2 saturated carbocycles. The van der Waals surface area contributed by atoms with Crippen LogP contribution in [0.2, 0.25) is 0 Å². The fraction of sp³-hybridized carbons (Fsp3) is 0.857. The third-order valence-electron chi connectivity index (χ3n) is 5.42. The van der Waals surface area contributed by atoms with Crippen LogP contribution in [0.1, 0.15) is 46.0 Å². The zero-order valence-corrected chi connectivity index (χ0v) is 9.50. The Morgan fingerprint density at radius 2 is 1.43 bits per heavy atom. The normalized spacial score (nSPS) is 49.0. The van der Waals surface area contributed by atoms with Crippen molar-refractivity contribution in [3.8, 4) is 0 Å². The molecule has 0 amide bonds. The van der Waals surface area contributed by atoms with Gasteiger partial charge < -0.3 is 0 Å². The Balaban J connectivity index is 1.90. The summed E-state index contributed by atoms with van der Waals surface area (Å²) < 4.78 is 0. The summed E-state index contributed by atoms with van der Waals surface area (Å²) in [7, 11) is 0. The SMILES string of the molecule is CC1(C)C2C=CC1CC1CCCC1C2. The number of rotatable bonds is 0. The lowest BCUT2D eigenvalue weighted by molar-refractivity contribution is 0.199. The number of allylic oxidation sites excluding steroid dienone is 2. The van der Waals surface area contributed by atoms with E-state index in [4.69, 9.17) is 0 Å². The fourth-order valence-corrected chi connectivity index (χ4v) is 4.19. The lowest BCUT2D eigenvalue weighted by Crippen LogP contribution is -2.24. The predicted molar refractivity (Wildman–Crippen MR) is 60.0 cm³/mol. The molecule has 3 rings (SSSR count). The standard InChI is InChI=1S/C14H22/c1-14(2)12-6-7-13(14)9-11-5-3-4-10(11)8-12/h6-7,10-13H,3-5,8-9H2,1-2H3. The molecule has 0 aromatic heterocycles. The topological polar surface area (TPSA) is 0 Å². The molecular weight excluding hydrogens is 168 g/mol. The largest absolute Gasteiger partial charge is 0.0846 e. The molecule has 78 valence electrons. The molecule has 0 aromatic carbocycles. The first kappa shape index (κ1) is 9.00. The van der Waals surface area contributed by atoms with E-state index in [0.29, 0.717) is 5.41 Å². The van der Waals surface area contributed by atoms with Gasteiger partial charge in [-0.2, -0.15) is 0 Å². The summed E-state index contributed by atoms with van der Waals surface area (Å²) in [5.74, 6) is 3.93. The lowest BCUT2D eigenvalue weighted by atomic mass is 9.73. The zero-order valence-electron chi connectivity index (χ0n) is 9.50. The van der Waals surface area contributed by atoms with Crippen molar-refractivity contribution in [2.24, 2.45) is 29.1 Å². The molecule has 0 radical (unpaired) electrons. The lowest BCUT2D eigenvalue weighted by Gasteiger charge is -2.31. The first-order chi connectivity index (χ1) is 6.68. The van der Waals surface area contributed by atoms with Crippen LogP contribution < -0.4 is 0 Å². The molecule has 2 bridgehead atoms. The monoisotopic (exact) mass is 190 g/mol. The molecule has 0 N–H and O–H groups in total. The van der Waals surface area contributed by atoms with Crippen LogP contribution in [-0.4, -0.2) is 0 Å². The summed E-state index contributed by atoms with van der Waals surface area (Å²) in [5, 5.41) is 0. The van der Waals surface area contributed by atoms with Crippen molar-refractivity contribution in [2.45, 2.75) is 46.0 Å². The molecule has 3 aliphatic rings. The Bertz CT molecular complexity index is 237. The number of hydrogen-bond donors (Lipinski definition) is 0. The minimum atomic E-state index is 0.574. The number of hydrogen-bond acceptors (Lipinski definition) is 0. The molecule has 0 nitrogen and oxygen atoms in total. The van der Waals surface area contributed by atoms with Gasteiger partial charge in [0.15, 0.2) is 0 Å². The molecule has 0 spiro atoms. The van der Waals surface area contributed by atoms with E-state index in [9.17, 15) is 0 Å². The van der Waals surface area contributed by atoms with Crippen molar-refractivity contribution in [1.82, 2.24) is 0 Å². The van der Waals surface area contributed by atoms with Gasteiger partial charge in [0.2, 0.25) is 0 Å². The predicted octanol–water partition coefficient (Wildman–Crippen LogP) is 4.02. The highest BCUT2D eigenvalue weighted by molar-refractivity contribution is 5.14. The zero-order chi connectivity index (χ0) is 9.76. The van der Waals surface area contributed by atoms with Crippen molar-refractivity contribution >= 4 is 0 Å². The van der Waals surface area contributed by atoms with Gasteiger partial charge in [-0.15, -0.1) is 0 Å². The maximum atomic E-state index is 2.53. The van der Waals surface area contributed by atoms with Crippen LogP contribution in [-0.2, 0) is 0 Å². The van der Waals surface area contributed by atoms with E-state index in [1.54, 1.807) is 0 Å². The van der Waals surface area contributed by atoms with Crippen molar-refractivity contribution in [3.05, 3.63) is 12.2 Å². The van der Waals surface area contributed by atoms with Crippen molar-refractivity contribution in [1.29, 1.82) is 0 Å². The van der Waals surface area contributed by atoms with Gasteiger partial charge >= 0.3 is 0 Å². The van der Waals surface area contributed by atoms with E-state index in [1.165, 1.54) is 32.1 Å². The van der Waals surface area contributed by atoms with E-state index in [0.717, 1.165) is 23.7 Å². The highest BCUT2D eigenvalue weighted by atomic mass is 14.5. The van der Waals surface area contributed by atoms with E-state index >= 15 is 0 Å². The Kier molecular flexibility index (Phi) is 1.84.